The minimum Gasteiger partial charge on any atom is -0.456 e. The standard InChI is InChI=1S/C17H10O3/c18-10-11-8-9-15(19-11)13-5-3-7-16-17(13)12-4-1-2-6-14(12)20-16/h1-10H. The van der Waals surface area contributed by atoms with Crippen LogP contribution in [0.3, 0.4) is 0 Å². The summed E-state index contributed by atoms with van der Waals surface area (Å²) in [6.07, 6.45) is 0.705. The summed E-state index contributed by atoms with van der Waals surface area (Å²) in [6, 6.07) is 17.2. The van der Waals surface area contributed by atoms with Gasteiger partial charge in [-0.25, -0.2) is 0 Å². The summed E-state index contributed by atoms with van der Waals surface area (Å²) in [5.41, 5.74) is 2.59. The molecule has 0 aliphatic carbocycles. The number of carbonyl (C=O) groups is 1. The number of rotatable bonds is 2. The molecule has 0 fully saturated rings. The highest BCUT2D eigenvalue weighted by Crippen LogP contribution is 2.36. The molecule has 0 saturated carbocycles. The number of hydrogen-bond donors (Lipinski definition) is 0. The van der Waals surface area contributed by atoms with E-state index in [1.54, 1.807) is 12.1 Å². The summed E-state index contributed by atoms with van der Waals surface area (Å²) in [7, 11) is 0. The fraction of sp³-hybridized carbons (Fsp3) is 0. The molecule has 0 aliphatic rings. The van der Waals surface area contributed by atoms with Gasteiger partial charge in [-0.3, -0.25) is 4.79 Å². The van der Waals surface area contributed by atoms with Crippen LogP contribution in [0.5, 0.6) is 0 Å². The molecule has 4 rings (SSSR count). The number of furan rings is 2. The van der Waals surface area contributed by atoms with Crippen molar-refractivity contribution < 1.29 is 13.6 Å². The quantitative estimate of drug-likeness (QED) is 0.493. The molecule has 0 atom stereocenters. The molecule has 96 valence electrons. The molecular formula is C17H10O3. The SMILES string of the molecule is O=Cc1ccc(-c2cccc3oc4ccccc4c23)o1. The van der Waals surface area contributed by atoms with Crippen molar-refractivity contribution >= 4 is 28.2 Å². The van der Waals surface area contributed by atoms with Gasteiger partial charge in [0, 0.05) is 16.3 Å². The summed E-state index contributed by atoms with van der Waals surface area (Å²) >= 11 is 0. The Morgan fingerprint density at radius 2 is 1.65 bits per heavy atom. The van der Waals surface area contributed by atoms with Crippen molar-refractivity contribution in [2.45, 2.75) is 0 Å². The van der Waals surface area contributed by atoms with Gasteiger partial charge in [0.2, 0.25) is 0 Å². The molecule has 3 heteroatoms. The van der Waals surface area contributed by atoms with Crippen LogP contribution in [-0.2, 0) is 0 Å². The van der Waals surface area contributed by atoms with Crippen LogP contribution in [0.25, 0.3) is 33.3 Å². The van der Waals surface area contributed by atoms with Gasteiger partial charge in [-0.1, -0.05) is 30.3 Å². The molecule has 3 nitrogen and oxygen atoms in total. The minimum atomic E-state index is 0.324. The Morgan fingerprint density at radius 3 is 2.50 bits per heavy atom. The van der Waals surface area contributed by atoms with Crippen LogP contribution >= 0.6 is 0 Å². The molecule has 0 bridgehead atoms. The molecule has 0 spiro atoms. The fourth-order valence-electron chi connectivity index (χ4n) is 2.54. The van der Waals surface area contributed by atoms with E-state index in [9.17, 15) is 4.79 Å². The van der Waals surface area contributed by atoms with Crippen LogP contribution in [0, 0.1) is 0 Å². The lowest BCUT2D eigenvalue weighted by Gasteiger charge is -1.99. The lowest BCUT2D eigenvalue weighted by atomic mass is 10.0. The first-order chi connectivity index (χ1) is 9.86. The van der Waals surface area contributed by atoms with Crippen LogP contribution in [0.4, 0.5) is 0 Å². The first kappa shape index (κ1) is 11.1. The van der Waals surface area contributed by atoms with E-state index < -0.39 is 0 Å². The number of para-hydroxylation sites is 1. The van der Waals surface area contributed by atoms with Gasteiger partial charge in [0.1, 0.15) is 16.9 Å². The normalized spacial score (nSPS) is 11.2. The molecule has 0 unspecified atom stereocenters. The Balaban J connectivity index is 2.10. The number of benzene rings is 2. The van der Waals surface area contributed by atoms with E-state index in [2.05, 4.69) is 0 Å². The average Bonchev–Trinajstić information content (AvgIpc) is 3.11. The predicted molar refractivity (Wildman–Crippen MR) is 76.8 cm³/mol. The highest BCUT2D eigenvalue weighted by Gasteiger charge is 2.14. The fourth-order valence-corrected chi connectivity index (χ4v) is 2.54. The summed E-state index contributed by atoms with van der Waals surface area (Å²) in [4.78, 5) is 10.8. The smallest absolute Gasteiger partial charge is 0.185 e. The molecule has 20 heavy (non-hydrogen) atoms. The Hall–Kier alpha value is -2.81. The molecule has 0 N–H and O–H groups in total. The summed E-state index contributed by atoms with van der Waals surface area (Å²) in [5.74, 6) is 0.994. The second-order valence-corrected chi connectivity index (χ2v) is 4.60. The van der Waals surface area contributed by atoms with Gasteiger partial charge < -0.3 is 8.83 Å². The lowest BCUT2D eigenvalue weighted by Crippen LogP contribution is -1.76. The number of fused-ring (bicyclic) bond motifs is 3. The second-order valence-electron chi connectivity index (χ2n) is 4.60. The monoisotopic (exact) mass is 262 g/mol. The third-order valence-corrected chi connectivity index (χ3v) is 3.41. The van der Waals surface area contributed by atoms with Crippen LogP contribution in [-0.4, -0.2) is 6.29 Å². The van der Waals surface area contributed by atoms with Crippen LogP contribution in [0.15, 0.2) is 63.4 Å². The van der Waals surface area contributed by atoms with Gasteiger partial charge in [0.25, 0.3) is 0 Å². The Morgan fingerprint density at radius 1 is 0.800 bits per heavy atom. The zero-order chi connectivity index (χ0) is 13.5. The highest BCUT2D eigenvalue weighted by atomic mass is 16.3. The van der Waals surface area contributed by atoms with Crippen LogP contribution in [0.1, 0.15) is 10.6 Å². The molecule has 0 saturated heterocycles. The molecule has 4 aromatic rings. The van der Waals surface area contributed by atoms with Crippen molar-refractivity contribution in [1.29, 1.82) is 0 Å². The van der Waals surface area contributed by atoms with Crippen molar-refractivity contribution in [2.24, 2.45) is 0 Å². The summed E-state index contributed by atoms with van der Waals surface area (Å²) < 4.78 is 11.4. The molecule has 2 heterocycles. The van der Waals surface area contributed by atoms with Gasteiger partial charge in [-0.2, -0.15) is 0 Å². The highest BCUT2D eigenvalue weighted by molar-refractivity contribution is 6.11. The minimum absolute atomic E-state index is 0.324. The number of aldehydes is 1. The third-order valence-electron chi connectivity index (χ3n) is 3.41. The van der Waals surface area contributed by atoms with Gasteiger partial charge in [0.05, 0.1) is 0 Å². The van der Waals surface area contributed by atoms with Gasteiger partial charge in [0.15, 0.2) is 12.0 Å². The molecule has 0 amide bonds. The van der Waals surface area contributed by atoms with E-state index in [-0.39, 0.29) is 0 Å². The van der Waals surface area contributed by atoms with E-state index in [0.29, 0.717) is 17.8 Å². The average molecular weight is 262 g/mol. The van der Waals surface area contributed by atoms with Gasteiger partial charge in [-0.05, 0) is 24.3 Å². The van der Waals surface area contributed by atoms with E-state index in [1.807, 2.05) is 42.5 Å². The first-order valence-corrected chi connectivity index (χ1v) is 6.32. The molecule has 2 aromatic heterocycles. The molecule has 2 aromatic carbocycles. The second kappa shape index (κ2) is 4.10. The van der Waals surface area contributed by atoms with Gasteiger partial charge >= 0.3 is 0 Å². The predicted octanol–water partition coefficient (Wildman–Crippen LogP) is 4.66. The number of hydrogen-bond acceptors (Lipinski definition) is 3. The molecule has 0 radical (unpaired) electrons. The largest absolute Gasteiger partial charge is 0.456 e. The summed E-state index contributed by atoms with van der Waals surface area (Å²) in [5, 5.41) is 2.05. The maximum atomic E-state index is 10.8. The summed E-state index contributed by atoms with van der Waals surface area (Å²) in [6.45, 7) is 0. The van der Waals surface area contributed by atoms with Gasteiger partial charge in [-0.15, -0.1) is 0 Å². The lowest BCUT2D eigenvalue weighted by molar-refractivity contribution is 0.110. The Kier molecular flexibility index (Phi) is 2.27. The van der Waals surface area contributed by atoms with E-state index in [1.165, 1.54) is 0 Å². The molecular weight excluding hydrogens is 252 g/mol. The maximum absolute atomic E-state index is 10.8. The third kappa shape index (κ3) is 1.50. The van der Waals surface area contributed by atoms with E-state index in [4.69, 9.17) is 8.83 Å². The zero-order valence-corrected chi connectivity index (χ0v) is 10.5. The van der Waals surface area contributed by atoms with Crippen molar-refractivity contribution in [3.8, 4) is 11.3 Å². The van der Waals surface area contributed by atoms with E-state index >= 15 is 0 Å². The van der Waals surface area contributed by atoms with Crippen molar-refractivity contribution in [3.63, 3.8) is 0 Å². The number of carbonyl (C=O) groups excluding carboxylic acids is 1. The van der Waals surface area contributed by atoms with Crippen molar-refractivity contribution in [2.75, 3.05) is 0 Å². The van der Waals surface area contributed by atoms with Crippen molar-refractivity contribution in [3.05, 3.63) is 60.4 Å². The Bertz CT molecular complexity index is 928. The Labute approximate surface area is 114 Å². The van der Waals surface area contributed by atoms with Crippen LogP contribution in [0.2, 0.25) is 0 Å². The maximum Gasteiger partial charge on any atom is 0.185 e. The van der Waals surface area contributed by atoms with E-state index in [0.717, 1.165) is 27.5 Å². The first-order valence-electron chi connectivity index (χ1n) is 6.32. The zero-order valence-electron chi connectivity index (χ0n) is 10.5. The topological polar surface area (TPSA) is 43.4 Å². The molecule has 0 aliphatic heterocycles. The van der Waals surface area contributed by atoms with Crippen molar-refractivity contribution in [1.82, 2.24) is 0 Å². The van der Waals surface area contributed by atoms with Crippen LogP contribution < -0.4 is 0 Å².